The first-order valence-corrected chi connectivity index (χ1v) is 7.51. The largest absolute Gasteiger partial charge is 0.395 e. The van der Waals surface area contributed by atoms with E-state index in [1.165, 1.54) is 11.3 Å². The Balaban J connectivity index is 2.71. The molecule has 5 nitrogen and oxygen atoms in total. The highest BCUT2D eigenvalue weighted by Gasteiger charge is 2.17. The van der Waals surface area contributed by atoms with E-state index in [0.29, 0.717) is 37.6 Å². The number of aliphatic hydroxyl groups excluding tert-OH is 1. The van der Waals surface area contributed by atoms with Crippen LogP contribution >= 0.6 is 11.3 Å². The van der Waals surface area contributed by atoms with Crippen LogP contribution < -0.4 is 0 Å². The first kappa shape index (κ1) is 17.7. The number of carbonyl (C=O) groups excluding carboxylic acids is 1. The number of amides is 1. The summed E-state index contributed by atoms with van der Waals surface area (Å²) in [7, 11) is 3.22. The molecule has 0 aliphatic heterocycles. The van der Waals surface area contributed by atoms with Crippen LogP contribution in [0.2, 0.25) is 0 Å². The van der Waals surface area contributed by atoms with Crippen LogP contribution in [0.1, 0.15) is 21.0 Å². The molecule has 0 saturated heterocycles. The molecule has 116 valence electrons. The van der Waals surface area contributed by atoms with Crippen LogP contribution in [0.4, 0.5) is 0 Å². The molecule has 0 bridgehead atoms. The molecule has 1 N–H and O–H groups in total. The molecule has 21 heavy (non-hydrogen) atoms. The van der Waals surface area contributed by atoms with Crippen molar-refractivity contribution in [3.63, 3.8) is 0 Å². The third kappa shape index (κ3) is 6.27. The van der Waals surface area contributed by atoms with Gasteiger partial charge in [-0.05, 0) is 12.1 Å². The van der Waals surface area contributed by atoms with Crippen molar-refractivity contribution in [3.8, 4) is 11.8 Å². The highest BCUT2D eigenvalue weighted by atomic mass is 32.1. The van der Waals surface area contributed by atoms with Gasteiger partial charge in [-0.1, -0.05) is 11.8 Å². The fraction of sp³-hybridized carbons (Fsp3) is 0.533. The first-order valence-electron chi connectivity index (χ1n) is 6.69. The zero-order valence-corrected chi connectivity index (χ0v) is 13.2. The second-order valence-corrected chi connectivity index (χ2v) is 5.30. The minimum Gasteiger partial charge on any atom is -0.395 e. The Morgan fingerprint density at radius 2 is 1.95 bits per heavy atom. The monoisotopic (exact) mass is 311 g/mol. The average molecular weight is 311 g/mol. The molecule has 1 amide bonds. The topological polar surface area (TPSA) is 59.0 Å². The van der Waals surface area contributed by atoms with E-state index in [9.17, 15) is 4.79 Å². The first-order chi connectivity index (χ1) is 10.2. The van der Waals surface area contributed by atoms with Gasteiger partial charge in [0.05, 0.1) is 29.6 Å². The summed E-state index contributed by atoms with van der Waals surface area (Å²) in [6.07, 6.45) is 0.439. The maximum absolute atomic E-state index is 12.4. The van der Waals surface area contributed by atoms with Crippen molar-refractivity contribution in [2.24, 2.45) is 0 Å². The second kappa shape index (κ2) is 10.4. The lowest BCUT2D eigenvalue weighted by Crippen LogP contribution is -2.36. The summed E-state index contributed by atoms with van der Waals surface area (Å²) in [4.78, 5) is 15.6. The number of aliphatic hydroxyl groups is 1. The normalized spacial score (nSPS) is 10.0. The van der Waals surface area contributed by atoms with Crippen LogP contribution in [0.25, 0.3) is 0 Å². The van der Waals surface area contributed by atoms with Gasteiger partial charge in [-0.25, -0.2) is 0 Å². The maximum Gasteiger partial charge on any atom is 0.264 e. The summed E-state index contributed by atoms with van der Waals surface area (Å²) in [5.41, 5.74) is 0. The summed E-state index contributed by atoms with van der Waals surface area (Å²) in [5, 5.41) is 8.69. The van der Waals surface area contributed by atoms with Gasteiger partial charge in [-0.3, -0.25) is 4.79 Å². The molecule has 0 spiro atoms. The van der Waals surface area contributed by atoms with Gasteiger partial charge in [0.15, 0.2) is 0 Å². The van der Waals surface area contributed by atoms with Gasteiger partial charge in [0, 0.05) is 33.7 Å². The molecule has 1 aromatic rings. The van der Waals surface area contributed by atoms with Gasteiger partial charge in [-0.15, -0.1) is 11.3 Å². The average Bonchev–Trinajstić information content (AvgIpc) is 2.96. The molecular formula is C15H21NO4S. The van der Waals surface area contributed by atoms with Crippen LogP contribution in [0.3, 0.4) is 0 Å². The lowest BCUT2D eigenvalue weighted by molar-refractivity contribution is 0.0632. The smallest absolute Gasteiger partial charge is 0.264 e. The van der Waals surface area contributed by atoms with Gasteiger partial charge in [0.2, 0.25) is 0 Å². The summed E-state index contributed by atoms with van der Waals surface area (Å²) in [5.74, 6) is 5.74. The molecule has 0 aromatic carbocycles. The van der Waals surface area contributed by atoms with Crippen LogP contribution in [0, 0.1) is 11.8 Å². The summed E-state index contributed by atoms with van der Waals surface area (Å²) < 4.78 is 10.1. The van der Waals surface area contributed by atoms with E-state index < -0.39 is 0 Å². The van der Waals surface area contributed by atoms with Gasteiger partial charge < -0.3 is 19.5 Å². The number of thiophene rings is 1. The van der Waals surface area contributed by atoms with Crippen molar-refractivity contribution in [1.29, 1.82) is 0 Å². The quantitative estimate of drug-likeness (QED) is 0.733. The number of methoxy groups -OCH3 is 2. The maximum atomic E-state index is 12.4. The van der Waals surface area contributed by atoms with E-state index in [2.05, 4.69) is 11.8 Å². The standard InChI is InChI=1S/C15H21NO4S/c1-19-11-8-16(9-12-20-2)15(18)14-7-6-13(21-14)5-3-4-10-17/h6-7,17H,4,8-12H2,1-2H3. The van der Waals surface area contributed by atoms with Crippen molar-refractivity contribution in [3.05, 3.63) is 21.9 Å². The highest BCUT2D eigenvalue weighted by Crippen LogP contribution is 2.17. The highest BCUT2D eigenvalue weighted by molar-refractivity contribution is 7.14. The molecule has 0 aliphatic rings. The molecule has 0 atom stereocenters. The fourth-order valence-corrected chi connectivity index (χ4v) is 2.45. The molecule has 0 radical (unpaired) electrons. The number of nitrogens with zero attached hydrogens (tertiary/aromatic N) is 1. The lowest BCUT2D eigenvalue weighted by atomic mass is 10.3. The van der Waals surface area contributed by atoms with E-state index in [1.54, 1.807) is 25.2 Å². The van der Waals surface area contributed by atoms with E-state index in [1.807, 2.05) is 6.07 Å². The van der Waals surface area contributed by atoms with Crippen LogP contribution in [-0.2, 0) is 9.47 Å². The van der Waals surface area contributed by atoms with E-state index in [-0.39, 0.29) is 12.5 Å². The summed E-state index contributed by atoms with van der Waals surface area (Å²) in [6, 6.07) is 3.61. The molecule has 0 fully saturated rings. The number of hydrogen-bond donors (Lipinski definition) is 1. The molecular weight excluding hydrogens is 290 g/mol. The van der Waals surface area contributed by atoms with Gasteiger partial charge in [0.25, 0.3) is 5.91 Å². The molecule has 1 aromatic heterocycles. The molecule has 6 heteroatoms. The van der Waals surface area contributed by atoms with Crippen molar-refractivity contribution < 1.29 is 19.4 Å². The van der Waals surface area contributed by atoms with Crippen LogP contribution in [-0.4, -0.2) is 63.0 Å². The zero-order chi connectivity index (χ0) is 15.5. The Hall–Kier alpha value is -1.39. The molecule has 1 heterocycles. The van der Waals surface area contributed by atoms with E-state index in [4.69, 9.17) is 14.6 Å². The van der Waals surface area contributed by atoms with Gasteiger partial charge in [0.1, 0.15) is 0 Å². The third-order valence-corrected chi connectivity index (χ3v) is 3.67. The van der Waals surface area contributed by atoms with Crippen molar-refractivity contribution in [2.75, 3.05) is 47.1 Å². The van der Waals surface area contributed by atoms with Crippen LogP contribution in [0.5, 0.6) is 0 Å². The number of ether oxygens (including phenoxy) is 2. The minimum atomic E-state index is -0.0377. The van der Waals surface area contributed by atoms with Gasteiger partial charge >= 0.3 is 0 Å². The Morgan fingerprint density at radius 3 is 2.52 bits per heavy atom. The molecule has 1 rings (SSSR count). The number of rotatable bonds is 8. The van der Waals surface area contributed by atoms with Crippen molar-refractivity contribution in [1.82, 2.24) is 4.90 Å². The predicted octanol–water partition coefficient (Wildman–Crippen LogP) is 1.22. The van der Waals surface area contributed by atoms with E-state index in [0.717, 1.165) is 4.88 Å². The predicted molar refractivity (Wildman–Crippen MR) is 82.6 cm³/mol. The third-order valence-electron chi connectivity index (χ3n) is 2.68. The van der Waals surface area contributed by atoms with Crippen molar-refractivity contribution in [2.45, 2.75) is 6.42 Å². The molecule has 0 aliphatic carbocycles. The fourth-order valence-electron chi connectivity index (χ4n) is 1.60. The Bertz CT molecular complexity index is 481. The second-order valence-electron chi connectivity index (χ2n) is 4.22. The van der Waals surface area contributed by atoms with Gasteiger partial charge in [-0.2, -0.15) is 0 Å². The molecule has 0 saturated carbocycles. The number of carbonyl (C=O) groups is 1. The Kier molecular flexibility index (Phi) is 8.71. The Labute approximate surface area is 129 Å². The summed E-state index contributed by atoms with van der Waals surface area (Å²) in [6.45, 7) is 2.09. The van der Waals surface area contributed by atoms with E-state index >= 15 is 0 Å². The minimum absolute atomic E-state index is 0.0377. The number of hydrogen-bond acceptors (Lipinski definition) is 5. The van der Waals surface area contributed by atoms with Crippen LogP contribution in [0.15, 0.2) is 12.1 Å². The zero-order valence-electron chi connectivity index (χ0n) is 12.4. The van der Waals surface area contributed by atoms with Crippen molar-refractivity contribution >= 4 is 17.2 Å². The summed E-state index contributed by atoms with van der Waals surface area (Å²) >= 11 is 1.36. The Morgan fingerprint density at radius 1 is 1.29 bits per heavy atom. The lowest BCUT2D eigenvalue weighted by Gasteiger charge is -2.21. The molecule has 0 unspecified atom stereocenters. The SMILES string of the molecule is COCCN(CCOC)C(=O)c1ccc(C#CCCO)s1.